The molecule has 140 valence electrons. The molecule has 0 spiro atoms. The fourth-order valence-corrected chi connectivity index (χ4v) is 3.94. The summed E-state index contributed by atoms with van der Waals surface area (Å²) in [6.45, 7) is 6.28. The number of H-pyrrole nitrogens is 1. The zero-order valence-corrected chi connectivity index (χ0v) is 15.8. The number of imidazole rings is 1. The van der Waals surface area contributed by atoms with E-state index in [4.69, 9.17) is 4.74 Å². The van der Waals surface area contributed by atoms with Gasteiger partial charge in [-0.25, -0.2) is 9.78 Å². The standard InChI is InChI=1S/C17H22N4O4S/c1-17(2,3)25-16(22)20-8-4-5-12(20)10-26-15-18-13-7-6-11(21(23)24)9-14(13)19-15/h6-7,9,12H,4-5,8,10H2,1-3H3,(H,18,19)/t12-/m0/s1. The predicted octanol–water partition coefficient (Wildman–Crippen LogP) is 3.96. The summed E-state index contributed by atoms with van der Waals surface area (Å²) in [5.41, 5.74) is 0.848. The minimum Gasteiger partial charge on any atom is -0.444 e. The molecule has 0 aliphatic carbocycles. The van der Waals surface area contributed by atoms with E-state index in [-0.39, 0.29) is 17.8 Å². The van der Waals surface area contributed by atoms with Crippen molar-refractivity contribution in [3.63, 3.8) is 0 Å². The summed E-state index contributed by atoms with van der Waals surface area (Å²) in [6, 6.07) is 4.65. The third-order valence-corrected chi connectivity index (χ3v) is 5.09. The molecule has 0 unspecified atom stereocenters. The number of carbonyl (C=O) groups is 1. The maximum Gasteiger partial charge on any atom is 0.410 e. The van der Waals surface area contributed by atoms with Gasteiger partial charge in [0.25, 0.3) is 5.69 Å². The van der Waals surface area contributed by atoms with Gasteiger partial charge in [0.05, 0.1) is 16.0 Å². The number of nitrogens with one attached hydrogen (secondary N) is 1. The fourth-order valence-electron chi connectivity index (χ4n) is 2.90. The molecule has 1 N–H and O–H groups in total. The molecule has 1 aromatic carbocycles. The normalized spacial score (nSPS) is 17.7. The second kappa shape index (κ2) is 7.14. The van der Waals surface area contributed by atoms with Crippen molar-refractivity contribution in [2.45, 2.75) is 50.4 Å². The molecule has 1 aliphatic heterocycles. The molecule has 26 heavy (non-hydrogen) atoms. The van der Waals surface area contributed by atoms with E-state index in [1.165, 1.54) is 23.9 Å². The van der Waals surface area contributed by atoms with Crippen molar-refractivity contribution in [2.24, 2.45) is 0 Å². The number of thioether (sulfide) groups is 1. The number of nitro benzene ring substituents is 1. The van der Waals surface area contributed by atoms with Crippen LogP contribution in [0.1, 0.15) is 33.6 Å². The number of carbonyl (C=O) groups excluding carboxylic acids is 1. The molecule has 8 nitrogen and oxygen atoms in total. The van der Waals surface area contributed by atoms with Gasteiger partial charge in [-0.15, -0.1) is 0 Å². The number of likely N-dealkylation sites (tertiary alicyclic amines) is 1. The molecule has 1 amide bonds. The summed E-state index contributed by atoms with van der Waals surface area (Å²) in [6.07, 6.45) is 1.61. The van der Waals surface area contributed by atoms with E-state index in [0.29, 0.717) is 28.5 Å². The van der Waals surface area contributed by atoms with Gasteiger partial charge >= 0.3 is 6.09 Å². The maximum absolute atomic E-state index is 12.3. The van der Waals surface area contributed by atoms with E-state index in [1.54, 1.807) is 11.0 Å². The number of fused-ring (bicyclic) bond motifs is 1. The Bertz CT molecular complexity index is 830. The minimum absolute atomic E-state index is 0.0320. The first-order valence-corrected chi connectivity index (χ1v) is 9.48. The third-order valence-electron chi connectivity index (χ3n) is 4.07. The molecule has 0 saturated carbocycles. The minimum atomic E-state index is -0.509. The van der Waals surface area contributed by atoms with Crippen molar-refractivity contribution < 1.29 is 14.5 Å². The van der Waals surface area contributed by atoms with Crippen LogP contribution in [-0.4, -0.2) is 49.8 Å². The Hall–Kier alpha value is -2.29. The van der Waals surface area contributed by atoms with E-state index >= 15 is 0 Å². The summed E-state index contributed by atoms with van der Waals surface area (Å²) >= 11 is 1.51. The lowest BCUT2D eigenvalue weighted by Gasteiger charge is -2.28. The Morgan fingerprint density at radius 3 is 2.96 bits per heavy atom. The summed E-state index contributed by atoms with van der Waals surface area (Å²) in [5.74, 6) is 0.696. The van der Waals surface area contributed by atoms with E-state index in [9.17, 15) is 14.9 Å². The highest BCUT2D eigenvalue weighted by Gasteiger charge is 2.32. The third kappa shape index (κ3) is 4.27. The summed E-state index contributed by atoms with van der Waals surface area (Å²) in [4.78, 5) is 32.1. The van der Waals surface area contributed by atoms with E-state index in [0.717, 1.165) is 12.8 Å². The topological polar surface area (TPSA) is 101 Å². The molecule has 1 fully saturated rings. The fraction of sp³-hybridized carbons (Fsp3) is 0.529. The van der Waals surface area contributed by atoms with Gasteiger partial charge in [-0.05, 0) is 39.7 Å². The number of nitro groups is 1. The first kappa shape index (κ1) is 18.5. The quantitative estimate of drug-likeness (QED) is 0.491. The van der Waals surface area contributed by atoms with Crippen molar-refractivity contribution >= 4 is 34.6 Å². The van der Waals surface area contributed by atoms with Crippen molar-refractivity contribution in [3.8, 4) is 0 Å². The molecule has 2 aromatic rings. The molecule has 1 aliphatic rings. The number of hydrogen-bond acceptors (Lipinski definition) is 6. The smallest absolute Gasteiger partial charge is 0.410 e. The summed E-state index contributed by atoms with van der Waals surface area (Å²) in [5, 5.41) is 11.6. The monoisotopic (exact) mass is 378 g/mol. The number of hydrogen-bond donors (Lipinski definition) is 1. The number of aromatic nitrogens is 2. The second-order valence-corrected chi connectivity index (χ2v) is 8.29. The van der Waals surface area contributed by atoms with Crippen LogP contribution in [0.3, 0.4) is 0 Å². The van der Waals surface area contributed by atoms with Crippen LogP contribution in [0.2, 0.25) is 0 Å². The van der Waals surface area contributed by atoms with Crippen LogP contribution in [-0.2, 0) is 4.74 Å². The molecule has 9 heteroatoms. The molecular weight excluding hydrogens is 356 g/mol. The molecule has 1 saturated heterocycles. The van der Waals surface area contributed by atoms with Gasteiger partial charge in [-0.3, -0.25) is 10.1 Å². The molecule has 0 radical (unpaired) electrons. The zero-order valence-electron chi connectivity index (χ0n) is 15.0. The zero-order chi connectivity index (χ0) is 18.9. The Morgan fingerprint density at radius 1 is 1.50 bits per heavy atom. The average molecular weight is 378 g/mol. The van der Waals surface area contributed by atoms with Crippen LogP contribution in [0.4, 0.5) is 10.5 Å². The van der Waals surface area contributed by atoms with Gasteiger partial charge in [0.1, 0.15) is 5.60 Å². The number of aromatic amines is 1. The highest BCUT2D eigenvalue weighted by molar-refractivity contribution is 7.99. The van der Waals surface area contributed by atoms with Crippen LogP contribution >= 0.6 is 11.8 Å². The number of benzene rings is 1. The number of ether oxygens (including phenoxy) is 1. The van der Waals surface area contributed by atoms with E-state index in [2.05, 4.69) is 9.97 Å². The highest BCUT2D eigenvalue weighted by atomic mass is 32.2. The van der Waals surface area contributed by atoms with Crippen LogP contribution in [0, 0.1) is 10.1 Å². The Labute approximate surface area is 155 Å². The number of non-ortho nitro benzene ring substituents is 1. The lowest BCUT2D eigenvalue weighted by molar-refractivity contribution is -0.384. The van der Waals surface area contributed by atoms with Gasteiger partial charge in [0, 0.05) is 30.5 Å². The van der Waals surface area contributed by atoms with Crippen molar-refractivity contribution in [2.75, 3.05) is 12.3 Å². The Morgan fingerprint density at radius 2 is 2.27 bits per heavy atom. The van der Waals surface area contributed by atoms with Gasteiger partial charge in [0.15, 0.2) is 5.16 Å². The Kier molecular flexibility index (Phi) is 5.08. The van der Waals surface area contributed by atoms with Crippen LogP contribution < -0.4 is 0 Å². The molecule has 1 atom stereocenters. The summed E-state index contributed by atoms with van der Waals surface area (Å²) in [7, 11) is 0. The largest absolute Gasteiger partial charge is 0.444 e. The van der Waals surface area contributed by atoms with Gasteiger partial charge in [-0.1, -0.05) is 11.8 Å². The van der Waals surface area contributed by atoms with Crippen molar-refractivity contribution in [1.82, 2.24) is 14.9 Å². The highest BCUT2D eigenvalue weighted by Crippen LogP contribution is 2.28. The summed E-state index contributed by atoms with van der Waals surface area (Å²) < 4.78 is 5.48. The van der Waals surface area contributed by atoms with Gasteiger partial charge < -0.3 is 14.6 Å². The number of nitrogens with zero attached hydrogens (tertiary/aromatic N) is 3. The molecule has 1 aromatic heterocycles. The predicted molar refractivity (Wildman–Crippen MR) is 99.4 cm³/mol. The maximum atomic E-state index is 12.3. The molecule has 2 heterocycles. The van der Waals surface area contributed by atoms with Crippen molar-refractivity contribution in [3.05, 3.63) is 28.3 Å². The van der Waals surface area contributed by atoms with Crippen LogP contribution in [0.5, 0.6) is 0 Å². The van der Waals surface area contributed by atoms with Crippen molar-refractivity contribution in [1.29, 1.82) is 0 Å². The van der Waals surface area contributed by atoms with Gasteiger partial charge in [0.2, 0.25) is 0 Å². The first-order valence-electron chi connectivity index (χ1n) is 8.49. The lowest BCUT2D eigenvalue weighted by atomic mass is 10.2. The lowest BCUT2D eigenvalue weighted by Crippen LogP contribution is -2.40. The molecule has 0 bridgehead atoms. The van der Waals surface area contributed by atoms with Gasteiger partial charge in [-0.2, -0.15) is 0 Å². The molecular formula is C17H22N4O4S. The van der Waals surface area contributed by atoms with E-state index < -0.39 is 10.5 Å². The SMILES string of the molecule is CC(C)(C)OC(=O)N1CCC[C@H]1CSc1nc2ccc([N+](=O)[O-])cc2[nH]1. The number of amides is 1. The molecule has 3 rings (SSSR count). The first-order chi connectivity index (χ1) is 12.2. The van der Waals surface area contributed by atoms with E-state index in [1.807, 2.05) is 20.8 Å². The number of rotatable bonds is 4. The average Bonchev–Trinajstić information content (AvgIpc) is 3.16. The van der Waals surface area contributed by atoms with Crippen LogP contribution in [0.15, 0.2) is 23.4 Å². The second-order valence-electron chi connectivity index (χ2n) is 7.28. The Balaban J connectivity index is 1.65. The van der Waals surface area contributed by atoms with Crippen LogP contribution in [0.25, 0.3) is 11.0 Å².